The fourth-order valence-corrected chi connectivity index (χ4v) is 3.73. The van der Waals surface area contributed by atoms with Gasteiger partial charge in [0, 0.05) is 25.9 Å². The van der Waals surface area contributed by atoms with Crippen molar-refractivity contribution in [2.75, 3.05) is 20.1 Å². The van der Waals surface area contributed by atoms with Crippen molar-refractivity contribution in [3.8, 4) is 0 Å². The number of Topliss-reactive ketones (excluding diaryl/α,β-unsaturated/α-hetero) is 3. The third-order valence-corrected chi connectivity index (χ3v) is 5.69. The smallest absolute Gasteiger partial charge is 0.151 e. The van der Waals surface area contributed by atoms with Crippen LogP contribution < -0.4 is 16.0 Å². The summed E-state index contributed by atoms with van der Waals surface area (Å²) < 4.78 is 0. The fraction of sp³-hybridized carbons (Fsp3) is 0.875. The summed E-state index contributed by atoms with van der Waals surface area (Å²) in [4.78, 5) is 37.1. The molecule has 0 fully saturated rings. The zero-order chi connectivity index (χ0) is 23.3. The van der Waals surface area contributed by atoms with Crippen molar-refractivity contribution in [2.24, 2.45) is 17.8 Å². The van der Waals surface area contributed by atoms with E-state index >= 15 is 0 Å². The first-order valence-electron chi connectivity index (χ1n) is 11.7. The molecule has 0 aliphatic carbocycles. The summed E-state index contributed by atoms with van der Waals surface area (Å²) >= 11 is 0. The van der Waals surface area contributed by atoms with Crippen LogP contribution in [-0.4, -0.2) is 55.6 Å². The number of ketones is 3. The maximum Gasteiger partial charge on any atom is 0.151 e. The summed E-state index contributed by atoms with van der Waals surface area (Å²) in [5.41, 5.74) is 0. The molecule has 0 aromatic heterocycles. The highest BCUT2D eigenvalue weighted by Crippen LogP contribution is 2.11. The number of nitrogens with one attached hydrogen (secondary N) is 3. The molecule has 0 aliphatic rings. The minimum atomic E-state index is -0.253. The van der Waals surface area contributed by atoms with E-state index in [-0.39, 0.29) is 41.4 Å². The van der Waals surface area contributed by atoms with Gasteiger partial charge in [-0.15, -0.1) is 0 Å². The van der Waals surface area contributed by atoms with E-state index < -0.39 is 0 Å². The van der Waals surface area contributed by atoms with E-state index in [1.807, 2.05) is 7.05 Å². The average Bonchev–Trinajstić information content (AvgIpc) is 2.66. The lowest BCUT2D eigenvalue weighted by molar-refractivity contribution is -0.123. The molecule has 6 heteroatoms. The van der Waals surface area contributed by atoms with E-state index in [9.17, 15) is 14.4 Å². The number of likely N-dealkylation sites (N-methyl/N-ethyl adjacent to an activating group) is 1. The van der Waals surface area contributed by atoms with Crippen LogP contribution in [0, 0.1) is 17.8 Å². The molecular formula is C24H47N3O3. The Hall–Kier alpha value is -1.11. The summed E-state index contributed by atoms with van der Waals surface area (Å²) in [6.45, 7) is 15.1. The van der Waals surface area contributed by atoms with Crippen LogP contribution in [-0.2, 0) is 14.4 Å². The van der Waals surface area contributed by atoms with Gasteiger partial charge in [0.1, 0.15) is 5.78 Å². The molecule has 30 heavy (non-hydrogen) atoms. The normalized spacial score (nSPS) is 15.8. The van der Waals surface area contributed by atoms with Crippen LogP contribution >= 0.6 is 0 Å². The molecule has 0 aromatic rings. The van der Waals surface area contributed by atoms with Gasteiger partial charge in [0.25, 0.3) is 0 Å². The predicted molar refractivity (Wildman–Crippen MR) is 125 cm³/mol. The van der Waals surface area contributed by atoms with Crippen molar-refractivity contribution >= 4 is 17.3 Å². The van der Waals surface area contributed by atoms with Gasteiger partial charge in [-0.25, -0.2) is 0 Å². The van der Waals surface area contributed by atoms with E-state index in [1.165, 1.54) is 0 Å². The molecule has 0 aliphatic heterocycles. The van der Waals surface area contributed by atoms with Crippen LogP contribution in [0.1, 0.15) is 80.6 Å². The first-order valence-corrected chi connectivity index (χ1v) is 11.7. The average molecular weight is 426 g/mol. The lowest BCUT2D eigenvalue weighted by Gasteiger charge is -2.23. The van der Waals surface area contributed by atoms with Gasteiger partial charge >= 0.3 is 0 Å². The van der Waals surface area contributed by atoms with E-state index in [4.69, 9.17) is 0 Å². The standard InChI is InChI=1S/C24H47N3O3/c1-9-18(6)24(19(7)28)27-13-11-23(30)21(15-17(4)5)26-12-10-22(29)20(25-8)14-16(2)3/h16-18,20-21,24-27H,9-15H2,1-8H3/t18?,20-,21+,24-/m0/s1. The molecule has 0 saturated heterocycles. The Bertz CT molecular complexity index is 520. The highest BCUT2D eigenvalue weighted by Gasteiger charge is 2.23. The van der Waals surface area contributed by atoms with E-state index in [0.717, 1.165) is 19.3 Å². The Morgan fingerprint density at radius 3 is 1.67 bits per heavy atom. The predicted octanol–water partition coefficient (Wildman–Crippen LogP) is 3.14. The van der Waals surface area contributed by atoms with Gasteiger partial charge in [-0.3, -0.25) is 14.4 Å². The van der Waals surface area contributed by atoms with Crippen molar-refractivity contribution in [2.45, 2.75) is 98.7 Å². The molecule has 3 N–H and O–H groups in total. The van der Waals surface area contributed by atoms with Crippen molar-refractivity contribution < 1.29 is 14.4 Å². The summed E-state index contributed by atoms with van der Waals surface area (Å²) in [5.74, 6) is 1.53. The summed E-state index contributed by atoms with van der Waals surface area (Å²) in [7, 11) is 1.82. The Labute approximate surface area is 184 Å². The third kappa shape index (κ3) is 11.9. The van der Waals surface area contributed by atoms with E-state index in [0.29, 0.717) is 37.8 Å². The Morgan fingerprint density at radius 1 is 0.767 bits per heavy atom. The second-order valence-electron chi connectivity index (χ2n) is 9.47. The fourth-order valence-electron chi connectivity index (χ4n) is 3.73. The number of carbonyl (C=O) groups is 3. The largest absolute Gasteiger partial charge is 0.311 e. The van der Waals surface area contributed by atoms with Crippen LogP contribution in [0.2, 0.25) is 0 Å². The second kappa shape index (κ2) is 15.7. The number of hydrogen-bond acceptors (Lipinski definition) is 6. The number of carbonyl (C=O) groups excluding carboxylic acids is 3. The molecule has 6 nitrogen and oxygen atoms in total. The van der Waals surface area contributed by atoms with Crippen LogP contribution in [0.25, 0.3) is 0 Å². The van der Waals surface area contributed by atoms with Gasteiger partial charge in [0.2, 0.25) is 0 Å². The van der Waals surface area contributed by atoms with Crippen LogP contribution in [0.3, 0.4) is 0 Å². The molecule has 0 heterocycles. The topological polar surface area (TPSA) is 87.3 Å². The highest BCUT2D eigenvalue weighted by molar-refractivity contribution is 5.85. The maximum absolute atomic E-state index is 12.8. The number of hydrogen-bond donors (Lipinski definition) is 3. The lowest BCUT2D eigenvalue weighted by atomic mass is 9.95. The molecule has 0 amide bonds. The van der Waals surface area contributed by atoms with Gasteiger partial charge in [-0.05, 0) is 44.6 Å². The summed E-state index contributed by atoms with van der Waals surface area (Å²) in [6.07, 6.45) is 3.28. The second-order valence-corrected chi connectivity index (χ2v) is 9.47. The monoisotopic (exact) mass is 425 g/mol. The van der Waals surface area contributed by atoms with Crippen molar-refractivity contribution in [1.29, 1.82) is 0 Å². The van der Waals surface area contributed by atoms with Gasteiger partial charge in [0.05, 0.1) is 18.1 Å². The van der Waals surface area contributed by atoms with Crippen LogP contribution in [0.15, 0.2) is 0 Å². The van der Waals surface area contributed by atoms with E-state index in [1.54, 1.807) is 6.92 Å². The Kier molecular flexibility index (Phi) is 15.1. The van der Waals surface area contributed by atoms with Gasteiger partial charge in [-0.1, -0.05) is 48.0 Å². The highest BCUT2D eigenvalue weighted by atomic mass is 16.1. The maximum atomic E-state index is 12.8. The van der Waals surface area contributed by atoms with Crippen molar-refractivity contribution in [3.05, 3.63) is 0 Å². The van der Waals surface area contributed by atoms with Gasteiger partial charge in [0.15, 0.2) is 11.6 Å². The molecule has 176 valence electrons. The van der Waals surface area contributed by atoms with Gasteiger partial charge in [-0.2, -0.15) is 0 Å². The Balaban J connectivity index is 4.67. The lowest BCUT2D eigenvalue weighted by Crippen LogP contribution is -2.44. The minimum absolute atomic E-state index is 0.118. The van der Waals surface area contributed by atoms with Gasteiger partial charge < -0.3 is 16.0 Å². The van der Waals surface area contributed by atoms with Crippen molar-refractivity contribution in [3.63, 3.8) is 0 Å². The molecule has 0 bridgehead atoms. The van der Waals surface area contributed by atoms with E-state index in [2.05, 4.69) is 57.5 Å². The summed E-state index contributed by atoms with van der Waals surface area (Å²) in [5, 5.41) is 9.69. The SMILES string of the molecule is CCC(C)[C@H](NCCC(=O)[C@@H](CC(C)C)NCCC(=O)[C@H](CC(C)C)NC)C(C)=O. The number of rotatable bonds is 18. The third-order valence-electron chi connectivity index (χ3n) is 5.69. The Morgan fingerprint density at radius 2 is 1.23 bits per heavy atom. The molecular weight excluding hydrogens is 378 g/mol. The molecule has 4 atom stereocenters. The molecule has 0 spiro atoms. The van der Waals surface area contributed by atoms with Crippen LogP contribution in [0.5, 0.6) is 0 Å². The zero-order valence-electron chi connectivity index (χ0n) is 20.6. The molecule has 0 saturated carbocycles. The molecule has 1 unspecified atom stereocenters. The minimum Gasteiger partial charge on any atom is -0.311 e. The first-order chi connectivity index (χ1) is 14.0. The summed E-state index contributed by atoms with van der Waals surface area (Å²) in [6, 6.07) is -0.576. The van der Waals surface area contributed by atoms with Crippen molar-refractivity contribution in [1.82, 2.24) is 16.0 Å². The van der Waals surface area contributed by atoms with Crippen LogP contribution in [0.4, 0.5) is 0 Å². The first kappa shape index (κ1) is 28.9. The molecule has 0 aromatic carbocycles. The molecule has 0 rings (SSSR count). The molecule has 0 radical (unpaired) electrons. The quantitative estimate of drug-likeness (QED) is 0.313. The zero-order valence-corrected chi connectivity index (χ0v) is 20.6.